The Balaban J connectivity index is 1.99. The van der Waals surface area contributed by atoms with E-state index in [2.05, 4.69) is 10.4 Å². The molecule has 1 aliphatic rings. The van der Waals surface area contributed by atoms with Crippen LogP contribution in [0.5, 0.6) is 0 Å². The van der Waals surface area contributed by atoms with Crippen LogP contribution in [0, 0.1) is 0 Å². The van der Waals surface area contributed by atoms with E-state index in [0.29, 0.717) is 16.8 Å². The molecule has 2 rings (SSSR count). The minimum Gasteiger partial charge on any atom is -0.348 e. The Morgan fingerprint density at radius 3 is 2.75 bits per heavy atom. The lowest BCUT2D eigenvalue weighted by Crippen LogP contribution is -2.36. The molecule has 88 valence electrons. The minimum atomic E-state index is -0.155. The van der Waals surface area contributed by atoms with E-state index in [1.54, 1.807) is 17.9 Å². The predicted octanol–water partition coefficient (Wildman–Crippen LogP) is 2.14. The van der Waals surface area contributed by atoms with Gasteiger partial charge in [0.05, 0.1) is 5.02 Å². The SMILES string of the molecule is Cn1cc(Cl)c(C(=O)NC2CCCCC2)n1. The van der Waals surface area contributed by atoms with E-state index in [-0.39, 0.29) is 5.91 Å². The van der Waals surface area contributed by atoms with Gasteiger partial charge in [0.15, 0.2) is 5.69 Å². The molecule has 4 nitrogen and oxygen atoms in total. The molecule has 0 saturated heterocycles. The summed E-state index contributed by atoms with van der Waals surface area (Å²) in [6.07, 6.45) is 7.43. The molecule has 16 heavy (non-hydrogen) atoms. The molecule has 0 radical (unpaired) electrons. The van der Waals surface area contributed by atoms with Gasteiger partial charge in [0.1, 0.15) is 0 Å². The Morgan fingerprint density at radius 2 is 2.19 bits per heavy atom. The zero-order valence-electron chi connectivity index (χ0n) is 9.37. The molecule has 0 bridgehead atoms. The molecule has 0 unspecified atom stereocenters. The number of hydrogen-bond acceptors (Lipinski definition) is 2. The molecule has 1 aromatic rings. The van der Waals surface area contributed by atoms with Crippen molar-refractivity contribution in [3.8, 4) is 0 Å². The van der Waals surface area contributed by atoms with Crippen molar-refractivity contribution in [2.75, 3.05) is 0 Å². The van der Waals surface area contributed by atoms with Gasteiger partial charge in [-0.3, -0.25) is 9.48 Å². The number of carbonyl (C=O) groups is 1. The van der Waals surface area contributed by atoms with Gasteiger partial charge in [-0.1, -0.05) is 30.9 Å². The van der Waals surface area contributed by atoms with Crippen LogP contribution < -0.4 is 5.32 Å². The Hall–Kier alpha value is -1.03. The van der Waals surface area contributed by atoms with E-state index in [9.17, 15) is 4.79 Å². The first-order valence-electron chi connectivity index (χ1n) is 5.67. The van der Waals surface area contributed by atoms with Crippen molar-refractivity contribution in [1.82, 2.24) is 15.1 Å². The van der Waals surface area contributed by atoms with Gasteiger partial charge >= 0.3 is 0 Å². The van der Waals surface area contributed by atoms with Gasteiger partial charge in [0, 0.05) is 19.3 Å². The van der Waals surface area contributed by atoms with Crippen LogP contribution in [0.2, 0.25) is 5.02 Å². The van der Waals surface area contributed by atoms with Crippen LogP contribution in [-0.2, 0) is 7.05 Å². The zero-order valence-corrected chi connectivity index (χ0v) is 10.1. The van der Waals surface area contributed by atoms with Gasteiger partial charge in [0.2, 0.25) is 0 Å². The van der Waals surface area contributed by atoms with E-state index in [1.165, 1.54) is 19.3 Å². The first-order chi connectivity index (χ1) is 7.66. The molecule has 0 atom stereocenters. The average molecular weight is 242 g/mol. The zero-order chi connectivity index (χ0) is 11.5. The highest BCUT2D eigenvalue weighted by Gasteiger charge is 2.20. The molecule has 0 spiro atoms. The second-order valence-electron chi connectivity index (χ2n) is 4.31. The molecule has 0 aliphatic heterocycles. The van der Waals surface area contributed by atoms with Crippen molar-refractivity contribution in [2.45, 2.75) is 38.1 Å². The monoisotopic (exact) mass is 241 g/mol. The fraction of sp³-hybridized carbons (Fsp3) is 0.636. The lowest BCUT2D eigenvalue weighted by atomic mass is 9.95. The average Bonchev–Trinajstić information content (AvgIpc) is 2.59. The van der Waals surface area contributed by atoms with E-state index >= 15 is 0 Å². The lowest BCUT2D eigenvalue weighted by molar-refractivity contribution is 0.0922. The summed E-state index contributed by atoms with van der Waals surface area (Å²) in [5, 5.41) is 7.45. The fourth-order valence-electron chi connectivity index (χ4n) is 2.11. The Bertz CT molecular complexity index is 383. The number of aromatic nitrogens is 2. The first-order valence-corrected chi connectivity index (χ1v) is 6.04. The van der Waals surface area contributed by atoms with E-state index in [4.69, 9.17) is 11.6 Å². The summed E-state index contributed by atoms with van der Waals surface area (Å²) in [6.45, 7) is 0. The number of rotatable bonds is 2. The van der Waals surface area contributed by atoms with Crippen LogP contribution in [-0.4, -0.2) is 21.7 Å². The van der Waals surface area contributed by atoms with Gasteiger partial charge in [-0.2, -0.15) is 5.10 Å². The second kappa shape index (κ2) is 4.87. The maximum absolute atomic E-state index is 11.9. The van der Waals surface area contributed by atoms with Crippen molar-refractivity contribution in [2.24, 2.45) is 7.05 Å². The summed E-state index contributed by atoms with van der Waals surface area (Å²) in [6, 6.07) is 0.291. The molecule has 1 saturated carbocycles. The third-order valence-corrected chi connectivity index (χ3v) is 3.22. The Kier molecular flexibility index (Phi) is 3.49. The van der Waals surface area contributed by atoms with E-state index < -0.39 is 0 Å². The van der Waals surface area contributed by atoms with Crippen molar-refractivity contribution < 1.29 is 4.79 Å². The van der Waals surface area contributed by atoms with Crippen LogP contribution in [0.1, 0.15) is 42.6 Å². The van der Waals surface area contributed by atoms with Crippen LogP contribution in [0.15, 0.2) is 6.20 Å². The van der Waals surface area contributed by atoms with Crippen molar-refractivity contribution in [1.29, 1.82) is 0 Å². The first kappa shape index (κ1) is 11.5. The summed E-state index contributed by atoms with van der Waals surface area (Å²) in [5.41, 5.74) is 0.328. The molecular weight excluding hydrogens is 226 g/mol. The molecule has 1 amide bonds. The molecular formula is C11H16ClN3O. The molecule has 1 N–H and O–H groups in total. The number of aryl methyl sites for hydroxylation is 1. The van der Waals surface area contributed by atoms with Gasteiger partial charge in [-0.25, -0.2) is 0 Å². The summed E-state index contributed by atoms with van der Waals surface area (Å²) in [7, 11) is 1.75. The topological polar surface area (TPSA) is 46.9 Å². The lowest BCUT2D eigenvalue weighted by Gasteiger charge is -2.22. The third kappa shape index (κ3) is 2.55. The summed E-state index contributed by atoms with van der Waals surface area (Å²) < 4.78 is 1.55. The van der Waals surface area contributed by atoms with Crippen molar-refractivity contribution in [3.63, 3.8) is 0 Å². The maximum atomic E-state index is 11.9. The summed E-state index contributed by atoms with van der Waals surface area (Å²) >= 11 is 5.91. The Morgan fingerprint density at radius 1 is 1.50 bits per heavy atom. The maximum Gasteiger partial charge on any atom is 0.273 e. The van der Waals surface area contributed by atoms with Crippen LogP contribution >= 0.6 is 11.6 Å². The van der Waals surface area contributed by atoms with Crippen molar-refractivity contribution in [3.05, 3.63) is 16.9 Å². The molecule has 1 fully saturated rings. The minimum absolute atomic E-state index is 0.155. The standard InChI is InChI=1S/C11H16ClN3O/c1-15-7-9(12)10(14-15)11(16)13-8-5-3-2-4-6-8/h7-8H,2-6H2,1H3,(H,13,16). The van der Waals surface area contributed by atoms with Gasteiger partial charge in [-0.05, 0) is 12.8 Å². The Labute approximate surface area is 100.0 Å². The fourth-order valence-corrected chi connectivity index (χ4v) is 2.38. The largest absolute Gasteiger partial charge is 0.348 e. The summed E-state index contributed by atoms with van der Waals surface area (Å²) in [5.74, 6) is -0.155. The highest BCUT2D eigenvalue weighted by molar-refractivity contribution is 6.33. The third-order valence-electron chi connectivity index (χ3n) is 2.94. The quantitative estimate of drug-likeness (QED) is 0.862. The predicted molar refractivity (Wildman–Crippen MR) is 62.6 cm³/mol. The highest BCUT2D eigenvalue weighted by Crippen LogP contribution is 2.19. The normalized spacial score (nSPS) is 17.4. The van der Waals surface area contributed by atoms with E-state index in [0.717, 1.165) is 12.8 Å². The molecule has 5 heteroatoms. The number of amides is 1. The molecule has 0 aromatic carbocycles. The van der Waals surface area contributed by atoms with Crippen molar-refractivity contribution >= 4 is 17.5 Å². The smallest absolute Gasteiger partial charge is 0.273 e. The van der Waals surface area contributed by atoms with Crippen LogP contribution in [0.25, 0.3) is 0 Å². The van der Waals surface area contributed by atoms with Gasteiger partial charge in [-0.15, -0.1) is 0 Å². The second-order valence-corrected chi connectivity index (χ2v) is 4.71. The molecule has 1 aromatic heterocycles. The number of nitrogens with one attached hydrogen (secondary N) is 1. The molecule has 1 heterocycles. The summed E-state index contributed by atoms with van der Waals surface area (Å²) in [4.78, 5) is 11.9. The van der Waals surface area contributed by atoms with Gasteiger partial charge < -0.3 is 5.32 Å². The van der Waals surface area contributed by atoms with Crippen LogP contribution in [0.4, 0.5) is 0 Å². The molecule has 1 aliphatic carbocycles. The number of nitrogens with zero attached hydrogens (tertiary/aromatic N) is 2. The number of carbonyl (C=O) groups excluding carboxylic acids is 1. The number of hydrogen-bond donors (Lipinski definition) is 1. The van der Waals surface area contributed by atoms with E-state index in [1.807, 2.05) is 0 Å². The number of halogens is 1. The highest BCUT2D eigenvalue weighted by atomic mass is 35.5. The van der Waals surface area contributed by atoms with Gasteiger partial charge in [0.25, 0.3) is 5.91 Å². The van der Waals surface area contributed by atoms with Crippen LogP contribution in [0.3, 0.4) is 0 Å².